The summed E-state index contributed by atoms with van der Waals surface area (Å²) >= 11 is 11.8. The topological polar surface area (TPSA) is 122 Å². The predicted octanol–water partition coefficient (Wildman–Crippen LogP) is 3.24. The van der Waals surface area contributed by atoms with Crippen LogP contribution >= 0.6 is 23.2 Å². The molecule has 0 unspecified atom stereocenters. The number of esters is 1. The average molecular weight is 475 g/mol. The molecule has 0 amide bonds. The number of benzene rings is 1. The van der Waals surface area contributed by atoms with Gasteiger partial charge in [-0.25, -0.2) is 13.1 Å². The SMILES string of the molecule is CC(=O)c1c(C)[nH]c(C(=O)COC(=O)CCNS(=O)(=O)c2c(Cl)cccc2Cl)c1C. The molecule has 2 N–H and O–H groups in total. The van der Waals surface area contributed by atoms with E-state index in [1.165, 1.54) is 25.1 Å². The van der Waals surface area contributed by atoms with E-state index in [0.29, 0.717) is 16.8 Å². The smallest absolute Gasteiger partial charge is 0.307 e. The Morgan fingerprint density at radius 2 is 1.73 bits per heavy atom. The van der Waals surface area contributed by atoms with Crippen LogP contribution in [0.25, 0.3) is 0 Å². The molecule has 0 fully saturated rings. The van der Waals surface area contributed by atoms with Gasteiger partial charge in [-0.1, -0.05) is 29.3 Å². The van der Waals surface area contributed by atoms with Crippen LogP contribution in [-0.2, 0) is 19.6 Å². The first kappa shape index (κ1) is 24.1. The fraction of sp³-hybridized carbons (Fsp3) is 0.316. The Labute approximate surface area is 183 Å². The number of ether oxygens (including phenoxy) is 1. The van der Waals surface area contributed by atoms with Crippen LogP contribution in [0.2, 0.25) is 10.0 Å². The largest absolute Gasteiger partial charge is 0.457 e. The molecule has 0 atom stereocenters. The van der Waals surface area contributed by atoms with Crippen molar-refractivity contribution >= 4 is 50.8 Å². The first-order valence-corrected chi connectivity index (χ1v) is 11.0. The molecule has 1 aromatic carbocycles. The number of aromatic amines is 1. The maximum Gasteiger partial charge on any atom is 0.307 e. The zero-order valence-corrected chi connectivity index (χ0v) is 18.8. The maximum atomic E-state index is 12.3. The number of aromatic nitrogens is 1. The van der Waals surface area contributed by atoms with Crippen molar-refractivity contribution < 1.29 is 27.5 Å². The molecule has 0 saturated carbocycles. The molecule has 0 aliphatic carbocycles. The summed E-state index contributed by atoms with van der Waals surface area (Å²) in [5, 5.41) is -0.102. The zero-order valence-electron chi connectivity index (χ0n) is 16.5. The van der Waals surface area contributed by atoms with Crippen LogP contribution in [0.1, 0.15) is 45.4 Å². The highest BCUT2D eigenvalue weighted by Gasteiger charge is 2.23. The number of H-pyrrole nitrogens is 1. The van der Waals surface area contributed by atoms with E-state index < -0.39 is 28.4 Å². The van der Waals surface area contributed by atoms with E-state index in [2.05, 4.69) is 9.71 Å². The molecule has 0 saturated heterocycles. The number of hydrogen-bond acceptors (Lipinski definition) is 6. The Hall–Kier alpha value is -2.20. The van der Waals surface area contributed by atoms with E-state index in [-0.39, 0.29) is 39.4 Å². The van der Waals surface area contributed by atoms with Crippen molar-refractivity contribution in [1.82, 2.24) is 9.71 Å². The summed E-state index contributed by atoms with van der Waals surface area (Å²) in [6, 6.07) is 4.26. The third-order valence-electron chi connectivity index (χ3n) is 4.24. The monoisotopic (exact) mass is 474 g/mol. The fourth-order valence-corrected chi connectivity index (χ4v) is 5.12. The minimum absolute atomic E-state index is 0.0512. The first-order valence-electron chi connectivity index (χ1n) is 8.78. The molecule has 1 aromatic heterocycles. The van der Waals surface area contributed by atoms with Crippen molar-refractivity contribution in [2.24, 2.45) is 0 Å². The molecule has 1 heterocycles. The number of carbonyl (C=O) groups is 3. The van der Waals surface area contributed by atoms with Gasteiger partial charge in [-0.2, -0.15) is 0 Å². The summed E-state index contributed by atoms with van der Waals surface area (Å²) in [6.45, 7) is 3.88. The summed E-state index contributed by atoms with van der Waals surface area (Å²) in [5.41, 5.74) is 1.67. The van der Waals surface area contributed by atoms with Crippen molar-refractivity contribution in [2.45, 2.75) is 32.1 Å². The molecule has 0 aliphatic heterocycles. The van der Waals surface area contributed by atoms with E-state index in [0.717, 1.165) is 0 Å². The molecule has 2 rings (SSSR count). The van der Waals surface area contributed by atoms with E-state index in [4.69, 9.17) is 27.9 Å². The second-order valence-electron chi connectivity index (χ2n) is 6.46. The van der Waals surface area contributed by atoms with Gasteiger partial charge in [0, 0.05) is 17.8 Å². The number of Topliss-reactive ketones (excluding diaryl/α,β-unsaturated/α-hetero) is 2. The molecular formula is C19H20Cl2N2O6S. The molecule has 11 heteroatoms. The van der Waals surface area contributed by atoms with E-state index >= 15 is 0 Å². The Kier molecular flexibility index (Phi) is 7.81. The zero-order chi connectivity index (χ0) is 22.6. The highest BCUT2D eigenvalue weighted by atomic mass is 35.5. The first-order chi connectivity index (χ1) is 14.0. The lowest BCUT2D eigenvalue weighted by Gasteiger charge is -2.10. The van der Waals surface area contributed by atoms with E-state index in [1.807, 2.05) is 0 Å². The van der Waals surface area contributed by atoms with Crippen molar-refractivity contribution in [2.75, 3.05) is 13.2 Å². The Morgan fingerprint density at radius 1 is 1.13 bits per heavy atom. The van der Waals surface area contributed by atoms with Crippen LogP contribution < -0.4 is 4.72 Å². The number of carbonyl (C=O) groups excluding carboxylic acids is 3. The summed E-state index contributed by atoms with van der Waals surface area (Å²) in [4.78, 5) is 38.4. The lowest BCUT2D eigenvalue weighted by Crippen LogP contribution is -2.27. The lowest BCUT2D eigenvalue weighted by atomic mass is 10.1. The molecule has 30 heavy (non-hydrogen) atoms. The van der Waals surface area contributed by atoms with Gasteiger partial charge in [-0.3, -0.25) is 14.4 Å². The number of hydrogen-bond donors (Lipinski definition) is 2. The van der Waals surface area contributed by atoms with Crippen molar-refractivity contribution in [1.29, 1.82) is 0 Å². The van der Waals surface area contributed by atoms with Crippen molar-refractivity contribution in [3.63, 3.8) is 0 Å². The van der Waals surface area contributed by atoms with Gasteiger partial charge in [0.15, 0.2) is 12.4 Å². The second-order valence-corrected chi connectivity index (χ2v) is 8.98. The summed E-state index contributed by atoms with van der Waals surface area (Å²) < 4.78 is 31.8. The molecular weight excluding hydrogens is 455 g/mol. The predicted molar refractivity (Wildman–Crippen MR) is 112 cm³/mol. The van der Waals surface area contributed by atoms with E-state index in [9.17, 15) is 22.8 Å². The quantitative estimate of drug-likeness (QED) is 0.424. The summed E-state index contributed by atoms with van der Waals surface area (Å²) in [6.07, 6.45) is -0.310. The Bertz CT molecular complexity index is 1090. The van der Waals surface area contributed by atoms with Crippen LogP contribution in [-0.4, -0.2) is 44.1 Å². The fourth-order valence-electron chi connectivity index (χ4n) is 2.95. The van der Waals surface area contributed by atoms with Gasteiger partial charge in [0.2, 0.25) is 15.8 Å². The van der Waals surface area contributed by atoms with Crippen LogP contribution in [0.3, 0.4) is 0 Å². The minimum atomic E-state index is -4.03. The van der Waals surface area contributed by atoms with Gasteiger partial charge in [0.1, 0.15) is 4.90 Å². The van der Waals surface area contributed by atoms with Crippen LogP contribution in [0.15, 0.2) is 23.1 Å². The van der Waals surface area contributed by atoms with Crippen molar-refractivity contribution in [3.8, 4) is 0 Å². The molecule has 8 nitrogen and oxygen atoms in total. The summed E-state index contributed by atoms with van der Waals surface area (Å²) in [7, 11) is -4.03. The van der Waals surface area contributed by atoms with Gasteiger partial charge in [0.25, 0.3) is 0 Å². The average Bonchev–Trinajstić information content (AvgIpc) is 2.93. The highest BCUT2D eigenvalue weighted by molar-refractivity contribution is 7.89. The van der Waals surface area contributed by atoms with Gasteiger partial charge < -0.3 is 9.72 Å². The number of nitrogens with one attached hydrogen (secondary N) is 2. The maximum absolute atomic E-state index is 12.3. The number of ketones is 2. The van der Waals surface area contributed by atoms with E-state index in [1.54, 1.807) is 13.8 Å². The third-order valence-corrected chi connectivity index (χ3v) is 6.66. The van der Waals surface area contributed by atoms with Gasteiger partial charge in [0.05, 0.1) is 22.2 Å². The molecule has 162 valence electrons. The molecule has 0 bridgehead atoms. The molecule has 0 aliphatic rings. The van der Waals surface area contributed by atoms with Gasteiger partial charge >= 0.3 is 5.97 Å². The van der Waals surface area contributed by atoms with Gasteiger partial charge in [-0.05, 0) is 38.5 Å². The molecule has 0 spiro atoms. The Balaban J connectivity index is 1.91. The Morgan fingerprint density at radius 3 is 2.27 bits per heavy atom. The summed E-state index contributed by atoms with van der Waals surface area (Å²) in [5.74, 6) is -1.45. The number of sulfonamides is 1. The number of rotatable bonds is 9. The van der Waals surface area contributed by atoms with Crippen molar-refractivity contribution in [3.05, 3.63) is 50.8 Å². The number of halogens is 2. The van der Waals surface area contributed by atoms with Crippen LogP contribution in [0, 0.1) is 13.8 Å². The minimum Gasteiger partial charge on any atom is -0.457 e. The third kappa shape index (κ3) is 5.48. The molecule has 2 aromatic rings. The second kappa shape index (κ2) is 9.74. The number of aryl methyl sites for hydroxylation is 1. The normalized spacial score (nSPS) is 11.4. The standard InChI is InChI=1S/C19H20Cl2N2O6S/c1-10-17(12(3)24)11(2)23-18(10)15(25)9-29-16(26)7-8-22-30(27,28)19-13(20)5-4-6-14(19)21/h4-6,22-23H,7-9H2,1-3H3. The van der Waals surface area contributed by atoms with Crippen LogP contribution in [0.4, 0.5) is 0 Å². The molecule has 0 radical (unpaired) electrons. The van der Waals surface area contributed by atoms with Crippen LogP contribution in [0.5, 0.6) is 0 Å². The van der Waals surface area contributed by atoms with Gasteiger partial charge in [-0.15, -0.1) is 0 Å². The lowest BCUT2D eigenvalue weighted by molar-refractivity contribution is -0.142. The highest BCUT2D eigenvalue weighted by Crippen LogP contribution is 2.28.